The van der Waals surface area contributed by atoms with Gasteiger partial charge in [-0.15, -0.1) is 11.3 Å². The van der Waals surface area contributed by atoms with E-state index in [1.807, 2.05) is 42.6 Å². The van der Waals surface area contributed by atoms with Crippen LogP contribution in [0, 0.1) is 0 Å². The number of nitrogens with zero attached hydrogens (tertiary/aromatic N) is 3. The van der Waals surface area contributed by atoms with E-state index in [2.05, 4.69) is 10.4 Å². The molecule has 1 unspecified atom stereocenters. The Hall–Kier alpha value is -3.11. The van der Waals surface area contributed by atoms with Gasteiger partial charge in [0.15, 0.2) is 0 Å². The molecule has 3 amide bonds. The minimum Gasteiger partial charge on any atom is -0.497 e. The number of thiophene rings is 1. The van der Waals surface area contributed by atoms with Crippen LogP contribution in [0.1, 0.15) is 29.8 Å². The molecule has 178 valence electrons. The Bertz CT molecular complexity index is 979. The minimum atomic E-state index is -0.391. The van der Waals surface area contributed by atoms with Gasteiger partial charge in [0.25, 0.3) is 5.91 Å². The molecular weight excluding hydrogens is 444 g/mol. The zero-order chi connectivity index (χ0) is 23.8. The van der Waals surface area contributed by atoms with Crippen molar-refractivity contribution in [3.63, 3.8) is 0 Å². The third kappa shape index (κ3) is 5.82. The first-order chi connectivity index (χ1) is 16.0. The second-order valence-electron chi connectivity index (χ2n) is 7.34. The van der Waals surface area contributed by atoms with Crippen molar-refractivity contribution in [2.45, 2.75) is 19.4 Å². The molecule has 1 aromatic heterocycles. The molecule has 0 aliphatic carbocycles. The lowest BCUT2D eigenvalue weighted by Gasteiger charge is -2.27. The topological polar surface area (TPSA) is 92.7 Å². The van der Waals surface area contributed by atoms with Gasteiger partial charge in [-0.2, -0.15) is 5.10 Å². The lowest BCUT2D eigenvalue weighted by molar-refractivity contribution is -0.133. The van der Waals surface area contributed by atoms with E-state index in [4.69, 9.17) is 14.2 Å². The first-order valence-corrected chi connectivity index (χ1v) is 11.6. The molecule has 0 saturated heterocycles. The Kier molecular flexibility index (Phi) is 8.67. The van der Waals surface area contributed by atoms with Crippen LogP contribution in [0.3, 0.4) is 0 Å². The highest BCUT2D eigenvalue weighted by molar-refractivity contribution is 7.12. The second kappa shape index (κ2) is 11.7. The molecule has 0 radical (unpaired) electrons. The fourth-order valence-corrected chi connectivity index (χ4v) is 4.35. The van der Waals surface area contributed by atoms with Crippen molar-refractivity contribution in [3.8, 4) is 11.5 Å². The Morgan fingerprint density at radius 2 is 2.06 bits per heavy atom. The third-order valence-electron chi connectivity index (χ3n) is 5.27. The van der Waals surface area contributed by atoms with E-state index >= 15 is 0 Å². The summed E-state index contributed by atoms with van der Waals surface area (Å²) in [5.41, 5.74) is 1.61. The maximum Gasteiger partial charge on any atom is 0.317 e. The molecule has 0 bridgehead atoms. The zero-order valence-electron chi connectivity index (χ0n) is 19.4. The van der Waals surface area contributed by atoms with Gasteiger partial charge in [-0.25, -0.2) is 9.80 Å². The van der Waals surface area contributed by atoms with Gasteiger partial charge in [-0.3, -0.25) is 4.79 Å². The SMILES string of the molecule is CCNC(=O)N(CCOC)CC(=O)N1N=C(c2cccs2)CC1c1cc(OC)ccc1OC. The summed E-state index contributed by atoms with van der Waals surface area (Å²) in [7, 11) is 4.74. The molecule has 1 aliphatic rings. The Morgan fingerprint density at radius 3 is 2.70 bits per heavy atom. The summed E-state index contributed by atoms with van der Waals surface area (Å²) in [6.07, 6.45) is 0.523. The summed E-state index contributed by atoms with van der Waals surface area (Å²) in [6.45, 7) is 2.78. The molecule has 2 aromatic rings. The van der Waals surface area contributed by atoms with Crippen LogP contribution in [-0.4, -0.2) is 75.1 Å². The van der Waals surface area contributed by atoms with Crippen molar-refractivity contribution in [1.29, 1.82) is 0 Å². The predicted octanol–water partition coefficient (Wildman–Crippen LogP) is 3.12. The highest BCUT2D eigenvalue weighted by atomic mass is 32.1. The zero-order valence-corrected chi connectivity index (χ0v) is 20.2. The molecule has 1 atom stereocenters. The van der Waals surface area contributed by atoms with Gasteiger partial charge in [-0.1, -0.05) is 6.07 Å². The molecule has 0 spiro atoms. The summed E-state index contributed by atoms with van der Waals surface area (Å²) in [6, 6.07) is 8.72. The third-order valence-corrected chi connectivity index (χ3v) is 6.19. The van der Waals surface area contributed by atoms with Crippen molar-refractivity contribution in [1.82, 2.24) is 15.2 Å². The molecule has 3 rings (SSSR count). The van der Waals surface area contributed by atoms with Crippen LogP contribution < -0.4 is 14.8 Å². The van der Waals surface area contributed by atoms with Gasteiger partial charge < -0.3 is 24.4 Å². The molecule has 0 saturated carbocycles. The summed E-state index contributed by atoms with van der Waals surface area (Å²) >= 11 is 1.57. The second-order valence-corrected chi connectivity index (χ2v) is 8.29. The van der Waals surface area contributed by atoms with Crippen LogP contribution >= 0.6 is 11.3 Å². The lowest BCUT2D eigenvalue weighted by atomic mass is 9.99. The number of nitrogens with one attached hydrogen (secondary N) is 1. The van der Waals surface area contributed by atoms with Crippen LogP contribution in [0.5, 0.6) is 11.5 Å². The first-order valence-electron chi connectivity index (χ1n) is 10.7. The number of hydrazone groups is 1. The summed E-state index contributed by atoms with van der Waals surface area (Å²) < 4.78 is 16.1. The highest BCUT2D eigenvalue weighted by Gasteiger charge is 2.36. The van der Waals surface area contributed by atoms with E-state index in [9.17, 15) is 9.59 Å². The van der Waals surface area contributed by atoms with Crippen LogP contribution in [0.15, 0.2) is 40.8 Å². The molecule has 0 fully saturated rings. The summed E-state index contributed by atoms with van der Waals surface area (Å²) in [5.74, 6) is 1.01. The molecule has 1 aliphatic heterocycles. The van der Waals surface area contributed by atoms with E-state index in [0.717, 1.165) is 16.2 Å². The number of hydrogen-bond donors (Lipinski definition) is 1. The first kappa shape index (κ1) is 24.5. The fourth-order valence-electron chi connectivity index (χ4n) is 3.63. The average Bonchev–Trinajstić information content (AvgIpc) is 3.51. The van der Waals surface area contributed by atoms with Crippen molar-refractivity contribution in [3.05, 3.63) is 46.2 Å². The smallest absolute Gasteiger partial charge is 0.317 e. The van der Waals surface area contributed by atoms with Crippen molar-refractivity contribution in [2.24, 2.45) is 5.10 Å². The molecule has 1 N–H and O–H groups in total. The maximum atomic E-state index is 13.5. The van der Waals surface area contributed by atoms with Crippen LogP contribution in [0.4, 0.5) is 4.79 Å². The molecule has 9 nitrogen and oxygen atoms in total. The number of hydrogen-bond acceptors (Lipinski definition) is 7. The van der Waals surface area contributed by atoms with Gasteiger partial charge in [0, 0.05) is 32.2 Å². The van der Waals surface area contributed by atoms with Gasteiger partial charge in [0.1, 0.15) is 18.0 Å². The monoisotopic (exact) mass is 474 g/mol. The lowest BCUT2D eigenvalue weighted by Crippen LogP contribution is -2.47. The van der Waals surface area contributed by atoms with E-state index < -0.39 is 6.04 Å². The largest absolute Gasteiger partial charge is 0.497 e. The number of rotatable bonds is 10. The Morgan fingerprint density at radius 1 is 1.24 bits per heavy atom. The fraction of sp³-hybridized carbons (Fsp3) is 0.435. The maximum absolute atomic E-state index is 13.5. The number of carbonyl (C=O) groups is 2. The predicted molar refractivity (Wildman–Crippen MR) is 127 cm³/mol. The van der Waals surface area contributed by atoms with Crippen molar-refractivity contribution < 1.29 is 23.8 Å². The van der Waals surface area contributed by atoms with Gasteiger partial charge in [-0.05, 0) is 36.6 Å². The number of ether oxygens (including phenoxy) is 3. The number of methoxy groups -OCH3 is 3. The van der Waals surface area contributed by atoms with Crippen molar-refractivity contribution >= 4 is 29.0 Å². The minimum absolute atomic E-state index is 0.126. The molecule has 1 aromatic carbocycles. The van der Waals surface area contributed by atoms with Crippen LogP contribution in [0.25, 0.3) is 0 Å². The molecule has 33 heavy (non-hydrogen) atoms. The number of amides is 3. The van der Waals surface area contributed by atoms with E-state index in [1.165, 1.54) is 9.91 Å². The van der Waals surface area contributed by atoms with E-state index in [0.29, 0.717) is 31.1 Å². The van der Waals surface area contributed by atoms with Crippen LogP contribution in [0.2, 0.25) is 0 Å². The van der Waals surface area contributed by atoms with Gasteiger partial charge in [0.05, 0.1) is 37.5 Å². The van der Waals surface area contributed by atoms with E-state index in [1.54, 1.807) is 32.7 Å². The van der Waals surface area contributed by atoms with Gasteiger partial charge >= 0.3 is 6.03 Å². The molecule has 2 heterocycles. The number of benzene rings is 1. The highest BCUT2D eigenvalue weighted by Crippen LogP contribution is 2.39. The number of carbonyl (C=O) groups excluding carboxylic acids is 2. The summed E-state index contributed by atoms with van der Waals surface area (Å²) in [4.78, 5) is 28.4. The summed E-state index contributed by atoms with van der Waals surface area (Å²) in [5, 5.41) is 10.9. The van der Waals surface area contributed by atoms with Crippen molar-refractivity contribution in [2.75, 3.05) is 47.6 Å². The quantitative estimate of drug-likeness (QED) is 0.571. The standard InChI is InChI=1S/C23H30N4O5S/c1-5-24-23(29)26(10-11-30-2)15-22(28)27-19(14-18(25-27)21-7-6-12-33-21)17-13-16(31-3)8-9-20(17)32-4/h6-9,12-13,19H,5,10-11,14-15H2,1-4H3,(H,24,29). The van der Waals surface area contributed by atoms with Gasteiger partial charge in [0.2, 0.25) is 0 Å². The molecular formula is C23H30N4O5S. The number of urea groups is 1. The average molecular weight is 475 g/mol. The normalized spacial score (nSPS) is 15.2. The Labute approximate surface area is 197 Å². The Balaban J connectivity index is 1.94. The molecule has 10 heteroatoms. The van der Waals surface area contributed by atoms with E-state index in [-0.39, 0.29) is 25.0 Å². The van der Waals surface area contributed by atoms with Crippen LogP contribution in [-0.2, 0) is 9.53 Å².